The van der Waals surface area contributed by atoms with E-state index in [-0.39, 0.29) is 12.0 Å². The lowest BCUT2D eigenvalue weighted by atomic mass is 10.2. The number of para-hydroxylation sites is 1. The lowest BCUT2D eigenvalue weighted by molar-refractivity contribution is 0.0570. The molecule has 2 amide bonds. The van der Waals surface area contributed by atoms with Crippen molar-refractivity contribution in [2.75, 3.05) is 38.1 Å². The van der Waals surface area contributed by atoms with Gasteiger partial charge in [0, 0.05) is 44.3 Å². The van der Waals surface area contributed by atoms with Crippen molar-refractivity contribution in [3.05, 3.63) is 47.8 Å². The molecule has 0 saturated carbocycles. The van der Waals surface area contributed by atoms with E-state index in [9.17, 15) is 9.59 Å². The van der Waals surface area contributed by atoms with Crippen LogP contribution in [-0.2, 0) is 4.74 Å². The highest BCUT2D eigenvalue weighted by molar-refractivity contribution is 5.94. The summed E-state index contributed by atoms with van der Waals surface area (Å²) >= 11 is 0. The van der Waals surface area contributed by atoms with Crippen molar-refractivity contribution in [1.29, 1.82) is 0 Å². The van der Waals surface area contributed by atoms with Gasteiger partial charge in [-0.3, -0.25) is 4.79 Å². The van der Waals surface area contributed by atoms with Crippen molar-refractivity contribution in [2.24, 2.45) is 0 Å². The van der Waals surface area contributed by atoms with Crippen molar-refractivity contribution < 1.29 is 14.3 Å². The van der Waals surface area contributed by atoms with Gasteiger partial charge in [0.15, 0.2) is 0 Å². The molecule has 1 aromatic carbocycles. The van der Waals surface area contributed by atoms with Crippen LogP contribution in [0.1, 0.15) is 22.8 Å². The summed E-state index contributed by atoms with van der Waals surface area (Å²) in [5.74, 6) is 0.300. The van der Waals surface area contributed by atoms with E-state index in [2.05, 4.69) is 15.3 Å². The highest BCUT2D eigenvalue weighted by atomic mass is 16.6. The summed E-state index contributed by atoms with van der Waals surface area (Å²) in [7, 11) is 0. The number of aryl methyl sites for hydroxylation is 1. The largest absolute Gasteiger partial charge is 0.450 e. The summed E-state index contributed by atoms with van der Waals surface area (Å²) < 4.78 is 4.99. The molecule has 27 heavy (non-hydrogen) atoms. The highest BCUT2D eigenvalue weighted by Gasteiger charge is 2.25. The Kier molecular flexibility index (Phi) is 5.85. The maximum absolute atomic E-state index is 12.6. The van der Waals surface area contributed by atoms with Gasteiger partial charge in [-0.2, -0.15) is 0 Å². The van der Waals surface area contributed by atoms with Crippen molar-refractivity contribution in [2.45, 2.75) is 13.8 Å². The molecule has 0 radical (unpaired) electrons. The number of nitrogens with one attached hydrogen (secondary N) is 1. The van der Waals surface area contributed by atoms with Crippen LogP contribution < -0.4 is 5.32 Å². The summed E-state index contributed by atoms with van der Waals surface area (Å²) in [6, 6.07) is 7.84. The van der Waals surface area contributed by atoms with Crippen LogP contribution in [0.5, 0.6) is 0 Å². The van der Waals surface area contributed by atoms with Crippen LogP contribution in [-0.4, -0.2) is 64.6 Å². The number of nitrogens with zero attached hydrogens (tertiary/aromatic N) is 4. The third-order valence-corrected chi connectivity index (χ3v) is 4.38. The summed E-state index contributed by atoms with van der Waals surface area (Å²) in [6.45, 7) is 5.95. The number of hydrogen-bond donors (Lipinski definition) is 1. The number of benzene rings is 1. The number of amides is 2. The normalized spacial score (nSPS) is 14.0. The van der Waals surface area contributed by atoms with E-state index < -0.39 is 0 Å². The molecule has 8 heteroatoms. The number of piperazine rings is 1. The number of carbonyl (C=O) groups is 2. The van der Waals surface area contributed by atoms with Gasteiger partial charge in [0.05, 0.1) is 12.2 Å². The Hall–Kier alpha value is -3.16. The maximum Gasteiger partial charge on any atom is 0.409 e. The van der Waals surface area contributed by atoms with E-state index in [0.29, 0.717) is 44.3 Å². The van der Waals surface area contributed by atoms with Crippen LogP contribution in [0.2, 0.25) is 0 Å². The second-order valence-electron chi connectivity index (χ2n) is 6.21. The monoisotopic (exact) mass is 369 g/mol. The van der Waals surface area contributed by atoms with Gasteiger partial charge >= 0.3 is 6.09 Å². The van der Waals surface area contributed by atoms with Gasteiger partial charge in [0.2, 0.25) is 5.95 Å². The van der Waals surface area contributed by atoms with Gasteiger partial charge in [-0.15, -0.1) is 0 Å². The van der Waals surface area contributed by atoms with Gasteiger partial charge in [-0.25, -0.2) is 14.8 Å². The number of carbonyl (C=O) groups excluding carboxylic acids is 2. The van der Waals surface area contributed by atoms with E-state index in [0.717, 1.165) is 11.3 Å². The Morgan fingerprint density at radius 3 is 2.33 bits per heavy atom. The van der Waals surface area contributed by atoms with Crippen molar-refractivity contribution in [1.82, 2.24) is 19.8 Å². The fourth-order valence-electron chi connectivity index (χ4n) is 2.83. The van der Waals surface area contributed by atoms with E-state index in [1.165, 1.54) is 12.4 Å². The molecule has 1 fully saturated rings. The zero-order valence-corrected chi connectivity index (χ0v) is 15.5. The van der Waals surface area contributed by atoms with Gasteiger partial charge in [-0.1, -0.05) is 18.2 Å². The average molecular weight is 369 g/mol. The zero-order valence-electron chi connectivity index (χ0n) is 15.5. The molecule has 142 valence electrons. The molecule has 8 nitrogen and oxygen atoms in total. The smallest absolute Gasteiger partial charge is 0.409 e. The van der Waals surface area contributed by atoms with Gasteiger partial charge in [0.1, 0.15) is 0 Å². The van der Waals surface area contributed by atoms with Crippen molar-refractivity contribution in [3.63, 3.8) is 0 Å². The number of aromatic nitrogens is 2. The van der Waals surface area contributed by atoms with Crippen LogP contribution in [0.25, 0.3) is 0 Å². The lowest BCUT2D eigenvalue weighted by Crippen LogP contribution is -2.50. The number of anilines is 2. The summed E-state index contributed by atoms with van der Waals surface area (Å²) in [4.78, 5) is 36.1. The molecule has 0 bridgehead atoms. The first-order chi connectivity index (χ1) is 13.1. The van der Waals surface area contributed by atoms with Crippen molar-refractivity contribution in [3.8, 4) is 0 Å². The lowest BCUT2D eigenvalue weighted by Gasteiger charge is -2.33. The minimum Gasteiger partial charge on any atom is -0.450 e. The molecule has 1 N–H and O–H groups in total. The number of hydrogen-bond acceptors (Lipinski definition) is 6. The molecule has 3 rings (SSSR count). The Morgan fingerprint density at radius 1 is 1.07 bits per heavy atom. The molecule has 2 heterocycles. The SMILES string of the molecule is CCOC(=O)N1CCN(C(=O)c2cnc(Nc3ccccc3C)nc2)CC1. The first-order valence-electron chi connectivity index (χ1n) is 8.94. The van der Waals surface area contributed by atoms with Crippen LogP contribution in [0.3, 0.4) is 0 Å². The Morgan fingerprint density at radius 2 is 1.70 bits per heavy atom. The molecule has 1 aliphatic rings. The number of rotatable bonds is 4. The fraction of sp³-hybridized carbons (Fsp3) is 0.368. The van der Waals surface area contributed by atoms with E-state index in [1.54, 1.807) is 16.7 Å². The maximum atomic E-state index is 12.6. The fourth-order valence-corrected chi connectivity index (χ4v) is 2.83. The van der Waals surface area contributed by atoms with Crippen LogP contribution in [0.15, 0.2) is 36.7 Å². The number of ether oxygens (including phenoxy) is 1. The minimum atomic E-state index is -0.334. The van der Waals surface area contributed by atoms with Crippen LogP contribution >= 0.6 is 0 Å². The summed E-state index contributed by atoms with van der Waals surface area (Å²) in [6.07, 6.45) is 2.71. The van der Waals surface area contributed by atoms with Crippen LogP contribution in [0.4, 0.5) is 16.4 Å². The first kappa shape index (κ1) is 18.6. The predicted octanol–water partition coefficient (Wildman–Crippen LogP) is 2.44. The average Bonchev–Trinajstić information content (AvgIpc) is 2.70. The van der Waals surface area contributed by atoms with Gasteiger partial charge in [-0.05, 0) is 25.5 Å². The first-order valence-corrected chi connectivity index (χ1v) is 8.94. The summed E-state index contributed by atoms with van der Waals surface area (Å²) in [5, 5.41) is 3.14. The third-order valence-electron chi connectivity index (χ3n) is 4.38. The standard InChI is InChI=1S/C19H23N5O3/c1-3-27-19(26)24-10-8-23(9-11-24)17(25)15-12-20-18(21-13-15)22-16-7-5-4-6-14(16)2/h4-7,12-13H,3,8-11H2,1-2H3,(H,20,21,22). The molecule has 0 atom stereocenters. The Bertz CT molecular complexity index is 801. The quantitative estimate of drug-likeness (QED) is 0.891. The van der Waals surface area contributed by atoms with Crippen LogP contribution in [0, 0.1) is 6.92 Å². The third kappa shape index (κ3) is 4.52. The topological polar surface area (TPSA) is 87.7 Å². The Balaban J connectivity index is 1.58. The molecule has 1 saturated heterocycles. The molecular weight excluding hydrogens is 346 g/mol. The predicted molar refractivity (Wildman–Crippen MR) is 101 cm³/mol. The van der Waals surface area contributed by atoms with E-state index in [1.807, 2.05) is 31.2 Å². The molecule has 0 spiro atoms. The van der Waals surface area contributed by atoms with E-state index in [4.69, 9.17) is 4.74 Å². The molecule has 1 aromatic heterocycles. The van der Waals surface area contributed by atoms with E-state index >= 15 is 0 Å². The van der Waals surface area contributed by atoms with Gasteiger partial charge in [0.25, 0.3) is 5.91 Å². The molecular formula is C19H23N5O3. The molecule has 1 aliphatic heterocycles. The van der Waals surface area contributed by atoms with Gasteiger partial charge < -0.3 is 19.9 Å². The second kappa shape index (κ2) is 8.48. The summed E-state index contributed by atoms with van der Waals surface area (Å²) in [5.41, 5.74) is 2.43. The highest BCUT2D eigenvalue weighted by Crippen LogP contribution is 2.17. The Labute approximate surface area is 158 Å². The second-order valence-corrected chi connectivity index (χ2v) is 6.21. The molecule has 0 aliphatic carbocycles. The molecule has 0 unspecified atom stereocenters. The minimum absolute atomic E-state index is 0.138. The molecule has 2 aromatic rings. The zero-order chi connectivity index (χ0) is 19.2. The van der Waals surface area contributed by atoms with Crippen molar-refractivity contribution >= 4 is 23.6 Å².